The van der Waals surface area contributed by atoms with Crippen LogP contribution in [0.5, 0.6) is 0 Å². The second kappa shape index (κ2) is 5.41. The summed E-state index contributed by atoms with van der Waals surface area (Å²) in [7, 11) is 1.58. The molecule has 18 heavy (non-hydrogen) atoms. The molecule has 0 bridgehead atoms. The summed E-state index contributed by atoms with van der Waals surface area (Å²) in [6.45, 7) is 0.589. The van der Waals surface area contributed by atoms with Gasteiger partial charge in [-0.15, -0.1) is 0 Å². The van der Waals surface area contributed by atoms with Gasteiger partial charge in [-0.3, -0.25) is 4.79 Å². The molecule has 0 spiro atoms. The van der Waals surface area contributed by atoms with Gasteiger partial charge in [0, 0.05) is 25.4 Å². The number of benzene rings is 1. The van der Waals surface area contributed by atoms with E-state index in [2.05, 4.69) is 10.6 Å². The van der Waals surface area contributed by atoms with Gasteiger partial charge in [0.25, 0.3) is 0 Å². The SMILES string of the molecule is COC1CNC(C(=O)Nc2cc(F)cc(F)c2)C1. The zero-order chi connectivity index (χ0) is 13.1. The number of nitrogens with one attached hydrogen (secondary N) is 2. The molecule has 1 aromatic rings. The molecule has 4 nitrogen and oxygen atoms in total. The van der Waals surface area contributed by atoms with Crippen molar-refractivity contribution in [1.29, 1.82) is 0 Å². The first kappa shape index (κ1) is 12.9. The highest BCUT2D eigenvalue weighted by molar-refractivity contribution is 5.95. The molecule has 1 saturated heterocycles. The number of hydrogen-bond acceptors (Lipinski definition) is 3. The highest BCUT2D eigenvalue weighted by Crippen LogP contribution is 2.15. The van der Waals surface area contributed by atoms with Crippen molar-refractivity contribution in [2.24, 2.45) is 0 Å². The molecular formula is C12H14F2N2O2. The summed E-state index contributed by atoms with van der Waals surface area (Å²) in [5, 5.41) is 5.46. The topological polar surface area (TPSA) is 50.4 Å². The number of hydrogen-bond donors (Lipinski definition) is 2. The van der Waals surface area contributed by atoms with Crippen molar-refractivity contribution in [2.75, 3.05) is 19.0 Å². The van der Waals surface area contributed by atoms with Crippen LogP contribution in [0, 0.1) is 11.6 Å². The fourth-order valence-electron chi connectivity index (χ4n) is 1.94. The highest BCUT2D eigenvalue weighted by atomic mass is 19.1. The molecule has 2 N–H and O–H groups in total. The summed E-state index contributed by atoms with van der Waals surface area (Å²) in [4.78, 5) is 11.8. The minimum absolute atomic E-state index is 0.00926. The molecule has 1 heterocycles. The molecule has 6 heteroatoms. The van der Waals surface area contributed by atoms with Crippen LogP contribution in [-0.4, -0.2) is 31.7 Å². The molecule has 1 amide bonds. The van der Waals surface area contributed by atoms with E-state index in [0.717, 1.165) is 18.2 Å². The molecule has 1 aliphatic rings. The molecule has 0 aliphatic carbocycles. The Morgan fingerprint density at radius 2 is 2.06 bits per heavy atom. The van der Waals surface area contributed by atoms with Crippen LogP contribution in [0.1, 0.15) is 6.42 Å². The van der Waals surface area contributed by atoms with Crippen LogP contribution in [0.3, 0.4) is 0 Å². The van der Waals surface area contributed by atoms with E-state index in [-0.39, 0.29) is 17.7 Å². The van der Waals surface area contributed by atoms with Crippen molar-refractivity contribution in [3.8, 4) is 0 Å². The average molecular weight is 256 g/mol. The standard InChI is InChI=1S/C12H14F2N2O2/c1-18-10-5-11(15-6-10)12(17)16-9-3-7(13)2-8(14)4-9/h2-4,10-11,15H,5-6H2,1H3,(H,16,17). The predicted octanol–water partition coefficient (Wildman–Crippen LogP) is 1.28. The summed E-state index contributed by atoms with van der Waals surface area (Å²) < 4.78 is 31.0. The van der Waals surface area contributed by atoms with Gasteiger partial charge in [0.05, 0.1) is 12.1 Å². The third-order valence-corrected chi connectivity index (χ3v) is 2.87. The Bertz CT molecular complexity index is 433. The Labute approximate surface area is 103 Å². The number of anilines is 1. The van der Waals surface area contributed by atoms with Gasteiger partial charge in [-0.2, -0.15) is 0 Å². The number of amides is 1. The maximum atomic E-state index is 12.9. The van der Waals surface area contributed by atoms with E-state index in [9.17, 15) is 13.6 Å². The van der Waals surface area contributed by atoms with Crippen LogP contribution in [-0.2, 0) is 9.53 Å². The number of methoxy groups -OCH3 is 1. The third kappa shape index (κ3) is 3.02. The van der Waals surface area contributed by atoms with Crippen LogP contribution < -0.4 is 10.6 Å². The summed E-state index contributed by atoms with van der Waals surface area (Å²) in [6.07, 6.45) is 0.533. The van der Waals surface area contributed by atoms with E-state index in [1.165, 1.54) is 0 Å². The Morgan fingerprint density at radius 1 is 1.39 bits per heavy atom. The first-order valence-electron chi connectivity index (χ1n) is 5.61. The molecule has 0 radical (unpaired) electrons. The Morgan fingerprint density at radius 3 is 2.61 bits per heavy atom. The number of rotatable bonds is 3. The van der Waals surface area contributed by atoms with Crippen molar-refractivity contribution in [2.45, 2.75) is 18.6 Å². The minimum atomic E-state index is -0.723. The second-order valence-electron chi connectivity index (χ2n) is 4.20. The van der Waals surface area contributed by atoms with E-state index < -0.39 is 17.7 Å². The zero-order valence-corrected chi connectivity index (χ0v) is 9.87. The first-order valence-corrected chi connectivity index (χ1v) is 5.61. The normalized spacial score (nSPS) is 23.1. The van der Waals surface area contributed by atoms with Gasteiger partial charge < -0.3 is 15.4 Å². The first-order chi connectivity index (χ1) is 8.58. The molecule has 2 atom stereocenters. The molecular weight excluding hydrogens is 242 g/mol. The summed E-state index contributed by atoms with van der Waals surface area (Å²) in [5.74, 6) is -1.77. The lowest BCUT2D eigenvalue weighted by Gasteiger charge is -2.11. The van der Waals surface area contributed by atoms with Crippen LogP contribution >= 0.6 is 0 Å². The molecule has 2 unspecified atom stereocenters. The number of carbonyl (C=O) groups is 1. The Kier molecular flexibility index (Phi) is 3.88. The van der Waals surface area contributed by atoms with E-state index >= 15 is 0 Å². The van der Waals surface area contributed by atoms with E-state index in [1.807, 2.05) is 0 Å². The lowest BCUT2D eigenvalue weighted by atomic mass is 10.2. The minimum Gasteiger partial charge on any atom is -0.380 e. The maximum Gasteiger partial charge on any atom is 0.241 e. The second-order valence-corrected chi connectivity index (χ2v) is 4.20. The van der Waals surface area contributed by atoms with Gasteiger partial charge in [0.15, 0.2) is 0 Å². The average Bonchev–Trinajstić information content (AvgIpc) is 2.75. The monoisotopic (exact) mass is 256 g/mol. The Hall–Kier alpha value is -1.53. The molecule has 98 valence electrons. The van der Waals surface area contributed by atoms with Crippen molar-refractivity contribution < 1.29 is 18.3 Å². The molecule has 1 fully saturated rings. The maximum absolute atomic E-state index is 12.9. The fourth-order valence-corrected chi connectivity index (χ4v) is 1.94. The number of carbonyl (C=O) groups excluding carboxylic acids is 1. The van der Waals surface area contributed by atoms with Crippen LogP contribution in [0.2, 0.25) is 0 Å². The van der Waals surface area contributed by atoms with Crippen molar-refractivity contribution in [3.63, 3.8) is 0 Å². The van der Waals surface area contributed by atoms with Crippen molar-refractivity contribution >= 4 is 11.6 Å². The van der Waals surface area contributed by atoms with Gasteiger partial charge in [-0.05, 0) is 18.6 Å². The molecule has 2 rings (SSSR count). The quantitative estimate of drug-likeness (QED) is 0.856. The fraction of sp³-hybridized carbons (Fsp3) is 0.417. The van der Waals surface area contributed by atoms with Gasteiger partial charge in [0.2, 0.25) is 5.91 Å². The predicted molar refractivity (Wildman–Crippen MR) is 62.2 cm³/mol. The van der Waals surface area contributed by atoms with E-state index in [0.29, 0.717) is 13.0 Å². The lowest BCUT2D eigenvalue weighted by Crippen LogP contribution is -2.35. The molecule has 0 aromatic heterocycles. The van der Waals surface area contributed by atoms with Gasteiger partial charge >= 0.3 is 0 Å². The van der Waals surface area contributed by atoms with Crippen molar-refractivity contribution in [1.82, 2.24) is 5.32 Å². The van der Waals surface area contributed by atoms with Crippen LogP contribution in [0.15, 0.2) is 18.2 Å². The van der Waals surface area contributed by atoms with Gasteiger partial charge in [-0.25, -0.2) is 8.78 Å². The summed E-state index contributed by atoms with van der Waals surface area (Å²) >= 11 is 0. The van der Waals surface area contributed by atoms with Gasteiger partial charge in [0.1, 0.15) is 11.6 Å². The van der Waals surface area contributed by atoms with Crippen molar-refractivity contribution in [3.05, 3.63) is 29.8 Å². The van der Waals surface area contributed by atoms with E-state index in [4.69, 9.17) is 4.74 Å². The third-order valence-electron chi connectivity index (χ3n) is 2.87. The summed E-state index contributed by atoms with van der Waals surface area (Å²) in [5.41, 5.74) is 0.111. The Balaban J connectivity index is 1.99. The van der Waals surface area contributed by atoms with E-state index in [1.54, 1.807) is 7.11 Å². The molecule has 0 saturated carbocycles. The largest absolute Gasteiger partial charge is 0.380 e. The molecule has 1 aromatic carbocycles. The smallest absolute Gasteiger partial charge is 0.241 e. The lowest BCUT2D eigenvalue weighted by molar-refractivity contribution is -0.118. The number of ether oxygens (including phenoxy) is 1. The van der Waals surface area contributed by atoms with Crippen LogP contribution in [0.4, 0.5) is 14.5 Å². The van der Waals surface area contributed by atoms with Crippen LogP contribution in [0.25, 0.3) is 0 Å². The van der Waals surface area contributed by atoms with Gasteiger partial charge in [-0.1, -0.05) is 0 Å². The number of halogens is 2. The molecule has 1 aliphatic heterocycles. The highest BCUT2D eigenvalue weighted by Gasteiger charge is 2.29. The summed E-state index contributed by atoms with van der Waals surface area (Å²) in [6, 6.07) is 2.50. The zero-order valence-electron chi connectivity index (χ0n) is 9.87.